The molecule has 0 spiro atoms. The molecule has 0 fully saturated rings. The molecule has 0 saturated carbocycles. The SMILES string of the molecule is CC(C)n1c(=O)[nH]c2ccc(C(=O)NCC(N)=O)cc21. The van der Waals surface area contributed by atoms with Gasteiger partial charge in [-0.15, -0.1) is 0 Å². The number of amides is 2. The van der Waals surface area contributed by atoms with Crippen molar-refractivity contribution < 1.29 is 9.59 Å². The van der Waals surface area contributed by atoms with Crippen LogP contribution in [0.15, 0.2) is 23.0 Å². The number of benzene rings is 1. The van der Waals surface area contributed by atoms with E-state index < -0.39 is 11.8 Å². The first-order valence-corrected chi connectivity index (χ1v) is 6.21. The van der Waals surface area contributed by atoms with Crippen LogP contribution in [0.2, 0.25) is 0 Å². The summed E-state index contributed by atoms with van der Waals surface area (Å²) in [7, 11) is 0. The van der Waals surface area contributed by atoms with Gasteiger partial charge in [0, 0.05) is 11.6 Å². The fourth-order valence-corrected chi connectivity index (χ4v) is 2.04. The number of nitrogens with two attached hydrogens (primary N) is 1. The molecule has 2 aromatic rings. The van der Waals surface area contributed by atoms with Gasteiger partial charge in [0.1, 0.15) is 0 Å². The van der Waals surface area contributed by atoms with E-state index in [0.717, 1.165) is 0 Å². The molecule has 1 aromatic carbocycles. The van der Waals surface area contributed by atoms with E-state index in [4.69, 9.17) is 5.73 Å². The van der Waals surface area contributed by atoms with Gasteiger partial charge in [-0.05, 0) is 32.0 Å². The van der Waals surface area contributed by atoms with E-state index in [1.54, 1.807) is 22.8 Å². The van der Waals surface area contributed by atoms with Gasteiger partial charge in [-0.3, -0.25) is 14.2 Å². The molecule has 2 amide bonds. The highest BCUT2D eigenvalue weighted by atomic mass is 16.2. The minimum absolute atomic E-state index is 0.0276. The van der Waals surface area contributed by atoms with Gasteiger partial charge in [0.2, 0.25) is 5.91 Å². The number of rotatable bonds is 4. The van der Waals surface area contributed by atoms with Crippen LogP contribution in [0.5, 0.6) is 0 Å². The summed E-state index contributed by atoms with van der Waals surface area (Å²) in [6.07, 6.45) is 0. The molecule has 0 aliphatic heterocycles. The smallest absolute Gasteiger partial charge is 0.326 e. The number of fused-ring (bicyclic) bond motifs is 1. The molecule has 1 heterocycles. The van der Waals surface area contributed by atoms with E-state index in [1.165, 1.54) is 0 Å². The summed E-state index contributed by atoms with van der Waals surface area (Å²) in [5.74, 6) is -1.02. The Bertz CT molecular complexity index is 727. The molecule has 1 aromatic heterocycles. The van der Waals surface area contributed by atoms with Gasteiger partial charge < -0.3 is 16.0 Å². The highest BCUT2D eigenvalue weighted by molar-refractivity contribution is 5.98. The summed E-state index contributed by atoms with van der Waals surface area (Å²) in [4.78, 5) is 37.1. The molecule has 20 heavy (non-hydrogen) atoms. The minimum Gasteiger partial charge on any atom is -0.368 e. The Balaban J connectivity index is 2.42. The second-order valence-corrected chi connectivity index (χ2v) is 4.77. The molecule has 2 rings (SSSR count). The lowest BCUT2D eigenvalue weighted by molar-refractivity contribution is -0.117. The van der Waals surface area contributed by atoms with E-state index in [9.17, 15) is 14.4 Å². The van der Waals surface area contributed by atoms with Crippen molar-refractivity contribution in [2.24, 2.45) is 5.73 Å². The summed E-state index contributed by atoms with van der Waals surface area (Å²) in [5, 5.41) is 2.41. The predicted octanol–water partition coefficient (Wildman–Crippen LogP) is 0.126. The lowest BCUT2D eigenvalue weighted by Gasteiger charge is -2.08. The van der Waals surface area contributed by atoms with Gasteiger partial charge in [0.05, 0.1) is 17.6 Å². The lowest BCUT2D eigenvalue weighted by atomic mass is 10.2. The zero-order chi connectivity index (χ0) is 14.9. The van der Waals surface area contributed by atoms with Crippen molar-refractivity contribution in [2.45, 2.75) is 19.9 Å². The average Bonchev–Trinajstić information content (AvgIpc) is 2.70. The number of carbonyl (C=O) groups is 2. The molecule has 7 heteroatoms. The van der Waals surface area contributed by atoms with E-state index in [0.29, 0.717) is 16.6 Å². The zero-order valence-electron chi connectivity index (χ0n) is 11.3. The highest BCUT2D eigenvalue weighted by Crippen LogP contribution is 2.16. The van der Waals surface area contributed by atoms with Gasteiger partial charge in [0.15, 0.2) is 0 Å². The first-order valence-electron chi connectivity index (χ1n) is 6.21. The quantitative estimate of drug-likeness (QED) is 0.738. The van der Waals surface area contributed by atoms with Crippen molar-refractivity contribution in [2.75, 3.05) is 6.54 Å². The van der Waals surface area contributed by atoms with Gasteiger partial charge in [-0.1, -0.05) is 0 Å². The molecule has 0 aliphatic carbocycles. The fourth-order valence-electron chi connectivity index (χ4n) is 2.04. The number of nitrogens with one attached hydrogen (secondary N) is 2. The summed E-state index contributed by atoms with van der Waals surface area (Å²) in [6, 6.07) is 4.83. The number of nitrogens with zero attached hydrogens (tertiary/aromatic N) is 1. The van der Waals surface area contributed by atoms with Gasteiger partial charge in [-0.2, -0.15) is 0 Å². The van der Waals surface area contributed by atoms with Gasteiger partial charge in [-0.25, -0.2) is 4.79 Å². The standard InChI is InChI=1S/C13H16N4O3/c1-7(2)17-10-5-8(12(19)15-6-11(14)18)3-4-9(10)16-13(17)20/h3-5,7H,6H2,1-2H3,(H2,14,18)(H,15,19)(H,16,20). The Morgan fingerprint density at radius 3 is 2.70 bits per heavy atom. The third-order valence-electron chi connectivity index (χ3n) is 2.92. The monoisotopic (exact) mass is 276 g/mol. The molecule has 0 aliphatic rings. The van der Waals surface area contributed by atoms with Crippen molar-refractivity contribution in [3.05, 3.63) is 34.2 Å². The normalized spacial score (nSPS) is 10.9. The first-order chi connectivity index (χ1) is 9.40. The largest absolute Gasteiger partial charge is 0.368 e. The number of H-pyrrole nitrogens is 1. The predicted molar refractivity (Wildman–Crippen MR) is 74.5 cm³/mol. The molecule has 0 atom stereocenters. The molecule has 0 saturated heterocycles. The van der Waals surface area contributed by atoms with Crippen molar-refractivity contribution in [1.29, 1.82) is 0 Å². The van der Waals surface area contributed by atoms with Crippen molar-refractivity contribution in [1.82, 2.24) is 14.9 Å². The van der Waals surface area contributed by atoms with E-state index >= 15 is 0 Å². The average molecular weight is 276 g/mol. The molecule has 0 unspecified atom stereocenters. The van der Waals surface area contributed by atoms with Gasteiger partial charge in [0.25, 0.3) is 5.91 Å². The molecular formula is C13H16N4O3. The summed E-state index contributed by atoms with van der Waals surface area (Å²) >= 11 is 0. The highest BCUT2D eigenvalue weighted by Gasteiger charge is 2.13. The fraction of sp³-hybridized carbons (Fsp3) is 0.308. The van der Waals surface area contributed by atoms with Crippen LogP contribution in [-0.4, -0.2) is 27.9 Å². The minimum atomic E-state index is -0.611. The van der Waals surface area contributed by atoms with E-state index in [-0.39, 0.29) is 18.3 Å². The maximum Gasteiger partial charge on any atom is 0.326 e. The molecule has 7 nitrogen and oxygen atoms in total. The molecule has 0 bridgehead atoms. The second-order valence-electron chi connectivity index (χ2n) is 4.77. The van der Waals surface area contributed by atoms with Crippen molar-refractivity contribution in [3.8, 4) is 0 Å². The lowest BCUT2D eigenvalue weighted by Crippen LogP contribution is -2.33. The third kappa shape index (κ3) is 2.56. The van der Waals surface area contributed by atoms with Crippen molar-refractivity contribution in [3.63, 3.8) is 0 Å². The van der Waals surface area contributed by atoms with Crippen molar-refractivity contribution >= 4 is 22.8 Å². The van der Waals surface area contributed by atoms with Crippen LogP contribution in [0.4, 0.5) is 0 Å². The first kappa shape index (κ1) is 13.9. The summed E-state index contributed by atoms with van der Waals surface area (Å²) in [6.45, 7) is 3.55. The maximum atomic E-state index is 11.9. The molecule has 4 N–H and O–H groups in total. The Morgan fingerprint density at radius 1 is 1.40 bits per heavy atom. The third-order valence-corrected chi connectivity index (χ3v) is 2.92. The number of imidazole rings is 1. The number of carbonyl (C=O) groups excluding carboxylic acids is 2. The van der Waals surface area contributed by atoms with Gasteiger partial charge >= 0.3 is 5.69 Å². The number of hydrogen-bond donors (Lipinski definition) is 3. The number of hydrogen-bond acceptors (Lipinski definition) is 3. The van der Waals surface area contributed by atoms with Crippen LogP contribution in [0.25, 0.3) is 11.0 Å². The van der Waals surface area contributed by atoms with Crippen LogP contribution in [0, 0.1) is 0 Å². The Labute approximate surface area is 114 Å². The van der Waals surface area contributed by atoms with E-state index in [2.05, 4.69) is 10.3 Å². The number of aromatic amines is 1. The zero-order valence-corrected chi connectivity index (χ0v) is 11.3. The summed E-state index contributed by atoms with van der Waals surface area (Å²) in [5.41, 5.74) is 6.43. The maximum absolute atomic E-state index is 11.9. The summed E-state index contributed by atoms with van der Waals surface area (Å²) < 4.78 is 1.57. The van der Waals surface area contributed by atoms with Crippen LogP contribution >= 0.6 is 0 Å². The molecular weight excluding hydrogens is 260 g/mol. The topological polar surface area (TPSA) is 110 Å². The Hall–Kier alpha value is -2.57. The van der Waals surface area contributed by atoms with E-state index in [1.807, 2.05) is 13.8 Å². The number of aromatic nitrogens is 2. The van der Waals surface area contributed by atoms with Crippen LogP contribution in [0.1, 0.15) is 30.2 Å². The second kappa shape index (κ2) is 5.20. The van der Waals surface area contributed by atoms with Crippen LogP contribution in [-0.2, 0) is 4.79 Å². The Kier molecular flexibility index (Phi) is 3.60. The molecule has 106 valence electrons. The Morgan fingerprint density at radius 2 is 2.10 bits per heavy atom. The molecule has 0 radical (unpaired) electrons. The van der Waals surface area contributed by atoms with Crippen LogP contribution in [0.3, 0.4) is 0 Å². The van der Waals surface area contributed by atoms with Crippen LogP contribution < -0.4 is 16.7 Å². The number of primary amides is 1.